The highest BCUT2D eigenvalue weighted by atomic mass is 16.5. The van der Waals surface area contributed by atoms with Crippen molar-refractivity contribution in [3.8, 4) is 0 Å². The molecule has 0 unspecified atom stereocenters. The number of hydrogen-bond donors (Lipinski definition) is 0. The summed E-state index contributed by atoms with van der Waals surface area (Å²) in [7, 11) is 0. The fourth-order valence-electron chi connectivity index (χ4n) is 2.73. The molecule has 1 aliphatic carbocycles. The second-order valence-electron chi connectivity index (χ2n) is 4.72. The van der Waals surface area contributed by atoms with Gasteiger partial charge in [-0.2, -0.15) is 0 Å². The van der Waals surface area contributed by atoms with Crippen molar-refractivity contribution in [1.82, 2.24) is 0 Å². The van der Waals surface area contributed by atoms with Gasteiger partial charge in [-0.05, 0) is 37.2 Å². The fraction of sp³-hybridized carbons (Fsp3) is 0.438. The van der Waals surface area contributed by atoms with Crippen LogP contribution in [-0.4, -0.2) is 12.6 Å². The van der Waals surface area contributed by atoms with Crippen molar-refractivity contribution in [2.75, 3.05) is 6.61 Å². The minimum Gasteiger partial charge on any atom is -0.463 e. The Morgan fingerprint density at radius 1 is 1.33 bits per heavy atom. The van der Waals surface area contributed by atoms with Gasteiger partial charge in [-0.15, -0.1) is 0 Å². The molecule has 0 radical (unpaired) electrons. The predicted octanol–water partition coefficient (Wildman–Crippen LogP) is 3.69. The van der Waals surface area contributed by atoms with Gasteiger partial charge in [-0.1, -0.05) is 42.8 Å². The van der Waals surface area contributed by atoms with E-state index in [2.05, 4.69) is 24.3 Å². The van der Waals surface area contributed by atoms with Crippen molar-refractivity contribution < 1.29 is 9.53 Å². The average Bonchev–Trinajstić information content (AvgIpc) is 2.86. The maximum absolute atomic E-state index is 11.3. The van der Waals surface area contributed by atoms with Crippen LogP contribution in [0.5, 0.6) is 0 Å². The number of ether oxygens (including phenoxy) is 1. The summed E-state index contributed by atoms with van der Waals surface area (Å²) in [6, 6.07) is 10.6. The van der Waals surface area contributed by atoms with Gasteiger partial charge in [-0.3, -0.25) is 0 Å². The van der Waals surface area contributed by atoms with Crippen molar-refractivity contribution in [2.45, 2.75) is 32.1 Å². The molecule has 0 aromatic heterocycles. The van der Waals surface area contributed by atoms with E-state index in [9.17, 15) is 4.79 Å². The van der Waals surface area contributed by atoms with E-state index in [1.165, 1.54) is 18.4 Å². The van der Waals surface area contributed by atoms with Crippen molar-refractivity contribution in [3.63, 3.8) is 0 Å². The molecule has 0 bridgehead atoms. The molecule has 2 rings (SSSR count). The van der Waals surface area contributed by atoms with Crippen LogP contribution >= 0.6 is 0 Å². The lowest BCUT2D eigenvalue weighted by atomic mass is 9.89. The van der Waals surface area contributed by atoms with Crippen LogP contribution in [-0.2, 0) is 9.53 Å². The van der Waals surface area contributed by atoms with E-state index < -0.39 is 0 Å². The van der Waals surface area contributed by atoms with Gasteiger partial charge in [0.15, 0.2) is 0 Å². The predicted molar refractivity (Wildman–Crippen MR) is 72.3 cm³/mol. The van der Waals surface area contributed by atoms with Crippen LogP contribution in [0.25, 0.3) is 0 Å². The zero-order chi connectivity index (χ0) is 12.8. The van der Waals surface area contributed by atoms with Gasteiger partial charge in [0.25, 0.3) is 0 Å². The van der Waals surface area contributed by atoms with E-state index in [1.54, 1.807) is 6.08 Å². The second-order valence-corrected chi connectivity index (χ2v) is 4.72. The van der Waals surface area contributed by atoms with Crippen LogP contribution in [0.2, 0.25) is 0 Å². The van der Waals surface area contributed by atoms with E-state index in [1.807, 2.05) is 19.1 Å². The molecule has 1 fully saturated rings. The van der Waals surface area contributed by atoms with Crippen LogP contribution in [0, 0.1) is 5.92 Å². The summed E-state index contributed by atoms with van der Waals surface area (Å²) in [4.78, 5) is 11.3. The lowest BCUT2D eigenvalue weighted by molar-refractivity contribution is -0.137. The van der Waals surface area contributed by atoms with Gasteiger partial charge < -0.3 is 4.74 Å². The first-order valence-electron chi connectivity index (χ1n) is 6.71. The Bertz CT molecular complexity index is 408. The Labute approximate surface area is 109 Å². The molecule has 0 spiro atoms. The molecule has 1 aliphatic rings. The third-order valence-corrected chi connectivity index (χ3v) is 3.56. The van der Waals surface area contributed by atoms with Gasteiger partial charge in [0.1, 0.15) is 0 Å². The normalized spacial score (nSPS) is 23.4. The molecule has 0 heterocycles. The molecule has 0 saturated heterocycles. The highest BCUT2D eigenvalue weighted by Crippen LogP contribution is 2.40. The number of carbonyl (C=O) groups is 1. The standard InChI is InChI=1S/C16H20O2/c1-2-18-16(17)12-11-14-9-6-10-15(14)13-7-4-3-5-8-13/h3-5,7-8,11-12,14-15H,2,6,9-10H2,1H3/b12-11-/t14-,15-/m0/s1. The Hall–Kier alpha value is -1.57. The maximum atomic E-state index is 11.3. The summed E-state index contributed by atoms with van der Waals surface area (Å²) in [6.07, 6.45) is 7.23. The molecular weight excluding hydrogens is 224 g/mol. The van der Waals surface area contributed by atoms with Crippen LogP contribution in [0.15, 0.2) is 42.5 Å². The summed E-state index contributed by atoms with van der Waals surface area (Å²) >= 11 is 0. The summed E-state index contributed by atoms with van der Waals surface area (Å²) in [5, 5.41) is 0. The van der Waals surface area contributed by atoms with Gasteiger partial charge >= 0.3 is 5.97 Å². The first kappa shape index (κ1) is 12.9. The SMILES string of the molecule is CCOC(=O)/C=C\[C@@H]1CCC[C@H]1c1ccccc1. The minimum absolute atomic E-state index is 0.226. The molecule has 0 amide bonds. The number of carbonyl (C=O) groups excluding carboxylic acids is 1. The molecule has 2 heteroatoms. The van der Waals surface area contributed by atoms with Crippen LogP contribution in [0.1, 0.15) is 37.7 Å². The van der Waals surface area contributed by atoms with Crippen LogP contribution in [0.3, 0.4) is 0 Å². The molecule has 2 atom stereocenters. The van der Waals surface area contributed by atoms with E-state index in [0.29, 0.717) is 18.4 Å². The quantitative estimate of drug-likeness (QED) is 0.596. The Balaban J connectivity index is 2.02. The first-order chi connectivity index (χ1) is 8.81. The highest BCUT2D eigenvalue weighted by Gasteiger charge is 2.26. The molecular formula is C16H20O2. The number of benzene rings is 1. The summed E-state index contributed by atoms with van der Waals surface area (Å²) in [5.41, 5.74) is 1.38. The molecule has 0 N–H and O–H groups in total. The Morgan fingerprint density at radius 3 is 2.83 bits per heavy atom. The largest absolute Gasteiger partial charge is 0.463 e. The van der Waals surface area contributed by atoms with Crippen molar-refractivity contribution in [2.24, 2.45) is 5.92 Å². The van der Waals surface area contributed by atoms with Crippen LogP contribution < -0.4 is 0 Å². The molecule has 1 aromatic rings. The molecule has 1 saturated carbocycles. The molecule has 96 valence electrons. The lowest BCUT2D eigenvalue weighted by Gasteiger charge is -2.16. The van der Waals surface area contributed by atoms with Gasteiger partial charge in [0.2, 0.25) is 0 Å². The highest BCUT2D eigenvalue weighted by molar-refractivity contribution is 5.81. The zero-order valence-electron chi connectivity index (χ0n) is 10.8. The Kier molecular flexibility index (Phi) is 4.57. The zero-order valence-corrected chi connectivity index (χ0v) is 10.8. The number of rotatable bonds is 4. The monoisotopic (exact) mass is 244 g/mol. The summed E-state index contributed by atoms with van der Waals surface area (Å²) in [6.45, 7) is 2.27. The van der Waals surface area contributed by atoms with E-state index in [4.69, 9.17) is 4.74 Å². The number of hydrogen-bond acceptors (Lipinski definition) is 2. The number of allylic oxidation sites excluding steroid dienone is 1. The van der Waals surface area contributed by atoms with Crippen molar-refractivity contribution in [3.05, 3.63) is 48.0 Å². The first-order valence-corrected chi connectivity index (χ1v) is 6.71. The lowest BCUT2D eigenvalue weighted by Crippen LogP contribution is -2.05. The third kappa shape index (κ3) is 3.22. The third-order valence-electron chi connectivity index (χ3n) is 3.56. The fourth-order valence-corrected chi connectivity index (χ4v) is 2.73. The van der Waals surface area contributed by atoms with Gasteiger partial charge in [0, 0.05) is 6.08 Å². The van der Waals surface area contributed by atoms with Crippen molar-refractivity contribution in [1.29, 1.82) is 0 Å². The summed E-state index contributed by atoms with van der Waals surface area (Å²) < 4.78 is 4.92. The molecule has 1 aromatic carbocycles. The van der Waals surface area contributed by atoms with E-state index >= 15 is 0 Å². The Morgan fingerprint density at radius 2 is 2.11 bits per heavy atom. The van der Waals surface area contributed by atoms with E-state index in [0.717, 1.165) is 6.42 Å². The molecule has 18 heavy (non-hydrogen) atoms. The number of esters is 1. The topological polar surface area (TPSA) is 26.3 Å². The smallest absolute Gasteiger partial charge is 0.330 e. The molecule has 2 nitrogen and oxygen atoms in total. The summed E-state index contributed by atoms with van der Waals surface area (Å²) in [5.74, 6) is 0.796. The van der Waals surface area contributed by atoms with Gasteiger partial charge in [0.05, 0.1) is 6.61 Å². The average molecular weight is 244 g/mol. The molecule has 0 aliphatic heterocycles. The minimum atomic E-state index is -0.226. The maximum Gasteiger partial charge on any atom is 0.330 e. The van der Waals surface area contributed by atoms with Crippen molar-refractivity contribution >= 4 is 5.97 Å². The second kappa shape index (κ2) is 6.39. The van der Waals surface area contributed by atoms with E-state index in [-0.39, 0.29) is 5.97 Å². The van der Waals surface area contributed by atoms with Crippen LogP contribution in [0.4, 0.5) is 0 Å². The van der Waals surface area contributed by atoms with Gasteiger partial charge in [-0.25, -0.2) is 4.79 Å².